The van der Waals surface area contributed by atoms with Gasteiger partial charge in [0.25, 0.3) is 5.56 Å². The third-order valence-corrected chi connectivity index (χ3v) is 5.14. The second-order valence-electron chi connectivity index (χ2n) is 7.21. The van der Waals surface area contributed by atoms with Gasteiger partial charge in [-0.15, -0.1) is 0 Å². The number of carbonyl (C=O) groups is 1. The molecule has 0 bridgehead atoms. The van der Waals surface area contributed by atoms with Crippen LogP contribution in [0.3, 0.4) is 0 Å². The number of nitrogens with one attached hydrogen (secondary N) is 1. The van der Waals surface area contributed by atoms with Crippen LogP contribution in [-0.2, 0) is 11.8 Å². The lowest BCUT2D eigenvalue weighted by molar-refractivity contribution is -0.192. The number of aromatic nitrogens is 4. The lowest BCUT2D eigenvalue weighted by Crippen LogP contribution is -2.56. The van der Waals surface area contributed by atoms with Gasteiger partial charge in [0.1, 0.15) is 11.6 Å². The molecule has 1 aliphatic rings. The molecule has 0 radical (unpaired) electrons. The van der Waals surface area contributed by atoms with Crippen molar-refractivity contribution in [1.82, 2.24) is 24.8 Å². The molecule has 1 aliphatic heterocycles. The summed E-state index contributed by atoms with van der Waals surface area (Å²) in [5.41, 5.74) is 2.17. The molecule has 1 saturated heterocycles. The van der Waals surface area contributed by atoms with E-state index in [2.05, 4.69) is 20.2 Å². The number of hydrogen-bond acceptors (Lipinski definition) is 7. The topological polar surface area (TPSA) is 113 Å². The van der Waals surface area contributed by atoms with E-state index in [0.29, 0.717) is 22.8 Å². The highest BCUT2D eigenvalue weighted by molar-refractivity contribution is 5.92. The third kappa shape index (κ3) is 4.69. The molecule has 1 fully saturated rings. The monoisotopic (exact) mass is 450 g/mol. The smallest absolute Gasteiger partial charge is 0.475 e. The molecule has 0 atom stereocenters. The number of carboxylic acid groups (broad SMARTS) is 1. The lowest BCUT2D eigenvalue weighted by atomic mass is 10.1. The van der Waals surface area contributed by atoms with Crippen LogP contribution in [-0.4, -0.2) is 63.0 Å². The van der Waals surface area contributed by atoms with Gasteiger partial charge in [0.15, 0.2) is 0 Å². The quantitative estimate of drug-likeness (QED) is 0.621. The summed E-state index contributed by atoms with van der Waals surface area (Å²) >= 11 is 0. The number of hydrogen-bond donors (Lipinski definition) is 2. The fraction of sp³-hybridized carbons (Fsp3) is 0.350. The van der Waals surface area contributed by atoms with Crippen LogP contribution in [0.1, 0.15) is 5.82 Å². The minimum Gasteiger partial charge on any atom is -0.475 e. The van der Waals surface area contributed by atoms with Crippen LogP contribution >= 0.6 is 0 Å². The predicted octanol–water partition coefficient (Wildman–Crippen LogP) is 1.74. The van der Waals surface area contributed by atoms with E-state index in [1.165, 1.54) is 0 Å². The summed E-state index contributed by atoms with van der Waals surface area (Å²) in [6, 6.07) is 6.04. The van der Waals surface area contributed by atoms with Crippen molar-refractivity contribution in [3.63, 3.8) is 0 Å². The first-order valence-corrected chi connectivity index (χ1v) is 9.53. The van der Waals surface area contributed by atoms with Gasteiger partial charge in [0, 0.05) is 32.7 Å². The third-order valence-electron chi connectivity index (χ3n) is 5.14. The Morgan fingerprint density at radius 3 is 2.47 bits per heavy atom. The van der Waals surface area contributed by atoms with E-state index in [1.807, 2.05) is 26.1 Å². The van der Waals surface area contributed by atoms with Gasteiger partial charge in [0.2, 0.25) is 0 Å². The molecule has 0 aliphatic carbocycles. The molecule has 4 rings (SSSR count). The Morgan fingerprint density at radius 1 is 1.25 bits per heavy atom. The standard InChI is InChI=1S/C18H20N6O.C2HF3O2/c1-11-21-17-13(5-4-6-14(17)18(25)23(11)2)15-9-20-10-16(22-15)24(3)12-7-19-8-12;3-2(4,5)1(6)7/h4-6,9-10,12,19H,7-8H2,1-3H3;(H,6,7). The number of aliphatic carboxylic acids is 1. The molecule has 170 valence electrons. The van der Waals surface area contributed by atoms with Gasteiger partial charge in [-0.2, -0.15) is 13.2 Å². The van der Waals surface area contributed by atoms with Gasteiger partial charge in [-0.25, -0.2) is 14.8 Å². The van der Waals surface area contributed by atoms with E-state index in [1.54, 1.807) is 30.1 Å². The van der Waals surface area contributed by atoms with Crippen LogP contribution in [0.5, 0.6) is 0 Å². The molecule has 0 unspecified atom stereocenters. The number of fused-ring (bicyclic) bond motifs is 1. The number of anilines is 1. The Balaban J connectivity index is 0.000000360. The van der Waals surface area contributed by atoms with E-state index in [0.717, 1.165) is 30.2 Å². The number of alkyl halides is 3. The van der Waals surface area contributed by atoms with E-state index in [9.17, 15) is 18.0 Å². The van der Waals surface area contributed by atoms with Crippen molar-refractivity contribution < 1.29 is 23.1 Å². The van der Waals surface area contributed by atoms with E-state index in [4.69, 9.17) is 14.9 Å². The molecule has 9 nitrogen and oxygen atoms in total. The van der Waals surface area contributed by atoms with Gasteiger partial charge in [-0.3, -0.25) is 14.3 Å². The largest absolute Gasteiger partial charge is 0.490 e. The maximum atomic E-state index is 12.5. The molecule has 12 heteroatoms. The van der Waals surface area contributed by atoms with Gasteiger partial charge >= 0.3 is 12.1 Å². The Hall–Kier alpha value is -3.54. The first-order valence-electron chi connectivity index (χ1n) is 9.53. The summed E-state index contributed by atoms with van der Waals surface area (Å²) in [4.78, 5) is 37.3. The van der Waals surface area contributed by atoms with E-state index in [-0.39, 0.29) is 5.56 Å². The number of rotatable bonds is 3. The van der Waals surface area contributed by atoms with Crippen LogP contribution in [0.4, 0.5) is 19.0 Å². The minimum atomic E-state index is -5.08. The summed E-state index contributed by atoms with van der Waals surface area (Å²) in [7, 11) is 3.76. The first kappa shape index (κ1) is 23.1. The molecule has 2 N–H and O–H groups in total. The van der Waals surface area contributed by atoms with Crippen molar-refractivity contribution in [1.29, 1.82) is 0 Å². The Kier molecular flexibility index (Phi) is 6.44. The average molecular weight is 450 g/mol. The average Bonchev–Trinajstić information content (AvgIpc) is 2.70. The van der Waals surface area contributed by atoms with E-state index >= 15 is 0 Å². The fourth-order valence-corrected chi connectivity index (χ4v) is 3.00. The van der Waals surface area contributed by atoms with Gasteiger partial charge < -0.3 is 15.3 Å². The highest BCUT2D eigenvalue weighted by Crippen LogP contribution is 2.26. The maximum Gasteiger partial charge on any atom is 0.490 e. The molecule has 32 heavy (non-hydrogen) atoms. The summed E-state index contributed by atoms with van der Waals surface area (Å²) in [5, 5.41) is 11.0. The number of likely N-dealkylation sites (N-methyl/N-ethyl adjacent to an activating group) is 1. The highest BCUT2D eigenvalue weighted by Gasteiger charge is 2.38. The highest BCUT2D eigenvalue weighted by atomic mass is 19.4. The van der Waals surface area contributed by atoms with Gasteiger partial charge in [-0.1, -0.05) is 12.1 Å². The van der Waals surface area contributed by atoms with Crippen molar-refractivity contribution in [2.24, 2.45) is 7.05 Å². The van der Waals surface area contributed by atoms with Crippen LogP contribution in [0.2, 0.25) is 0 Å². The summed E-state index contributed by atoms with van der Waals surface area (Å²) < 4.78 is 33.3. The van der Waals surface area contributed by atoms with Crippen LogP contribution in [0.15, 0.2) is 35.4 Å². The molecular formula is C20H21F3N6O3. The number of para-hydroxylation sites is 1. The molecule has 1 aromatic carbocycles. The molecule has 0 amide bonds. The maximum absolute atomic E-state index is 12.5. The fourth-order valence-electron chi connectivity index (χ4n) is 3.00. The number of halogens is 3. The zero-order valence-electron chi connectivity index (χ0n) is 17.5. The Labute approximate surface area is 180 Å². The second-order valence-corrected chi connectivity index (χ2v) is 7.21. The van der Waals surface area contributed by atoms with Crippen LogP contribution < -0.4 is 15.8 Å². The van der Waals surface area contributed by atoms with Crippen molar-refractivity contribution in [3.8, 4) is 11.3 Å². The molecule has 0 saturated carbocycles. The number of nitrogens with zero attached hydrogens (tertiary/aromatic N) is 5. The van der Waals surface area contributed by atoms with Crippen molar-refractivity contribution in [2.75, 3.05) is 25.0 Å². The van der Waals surface area contributed by atoms with Crippen LogP contribution in [0, 0.1) is 6.92 Å². The zero-order valence-corrected chi connectivity index (χ0v) is 17.5. The molecular weight excluding hydrogens is 429 g/mol. The molecule has 3 heterocycles. The molecule has 0 spiro atoms. The molecule has 2 aromatic heterocycles. The minimum absolute atomic E-state index is 0.0499. The summed E-state index contributed by atoms with van der Waals surface area (Å²) in [5.74, 6) is -1.26. The predicted molar refractivity (Wildman–Crippen MR) is 111 cm³/mol. The summed E-state index contributed by atoms with van der Waals surface area (Å²) in [6.45, 7) is 3.73. The lowest BCUT2D eigenvalue weighted by Gasteiger charge is -2.36. The second kappa shape index (κ2) is 8.91. The van der Waals surface area contributed by atoms with Crippen molar-refractivity contribution >= 4 is 22.7 Å². The van der Waals surface area contributed by atoms with E-state index < -0.39 is 12.1 Å². The SMILES string of the molecule is Cc1nc2c(-c3cncc(N(C)C4CNC4)n3)cccc2c(=O)n1C.O=C(O)C(F)(F)F. The Bertz CT molecular complexity index is 1210. The van der Waals surface area contributed by atoms with Gasteiger partial charge in [0.05, 0.1) is 35.0 Å². The number of carboxylic acids is 1. The number of benzene rings is 1. The van der Waals surface area contributed by atoms with Crippen molar-refractivity contribution in [2.45, 2.75) is 19.1 Å². The Morgan fingerprint density at radius 2 is 1.91 bits per heavy atom. The first-order chi connectivity index (χ1) is 15.0. The van der Waals surface area contributed by atoms with Crippen LogP contribution in [0.25, 0.3) is 22.2 Å². The van der Waals surface area contributed by atoms with Gasteiger partial charge in [-0.05, 0) is 13.0 Å². The normalized spacial score (nSPS) is 13.8. The zero-order chi connectivity index (χ0) is 23.6. The summed E-state index contributed by atoms with van der Waals surface area (Å²) in [6.07, 6.45) is -1.59. The number of aryl methyl sites for hydroxylation is 1. The van der Waals surface area contributed by atoms with Crippen molar-refractivity contribution in [3.05, 3.63) is 46.8 Å². The molecule has 3 aromatic rings.